The summed E-state index contributed by atoms with van der Waals surface area (Å²) in [5.74, 6) is 0.430. The standard InChI is InChI=1S/C34H52O8S/c1-5-16-34(6-2,7-3)33(39)42-18-17-41-32(38)12-9-19-43-20-15-29-28(30(36)23-31(29)37)14-13-27(35)22-25-10-8-11-26(21-25)24-40-4/h8,10-11,13-14,21,27-30,35-36H,5-7,9,12,15-20,22-24H2,1-4H3. The van der Waals surface area contributed by atoms with Crippen LogP contribution in [0.25, 0.3) is 0 Å². The number of esters is 2. The highest BCUT2D eigenvalue weighted by Gasteiger charge is 2.39. The van der Waals surface area contributed by atoms with Crippen molar-refractivity contribution < 1.29 is 38.8 Å². The molecule has 0 radical (unpaired) electrons. The highest BCUT2D eigenvalue weighted by atomic mass is 32.2. The summed E-state index contributed by atoms with van der Waals surface area (Å²) in [4.78, 5) is 37.2. The number of carbonyl (C=O) groups is 3. The van der Waals surface area contributed by atoms with Crippen molar-refractivity contribution in [1.82, 2.24) is 0 Å². The molecule has 1 fully saturated rings. The Kier molecular flexibility index (Phi) is 17.2. The first-order chi connectivity index (χ1) is 20.7. The molecule has 8 nitrogen and oxygen atoms in total. The van der Waals surface area contributed by atoms with Crippen LogP contribution in [0.4, 0.5) is 0 Å². The number of aliphatic hydroxyl groups excluding tert-OH is 2. The van der Waals surface area contributed by atoms with Crippen molar-refractivity contribution in [3.63, 3.8) is 0 Å². The minimum absolute atomic E-state index is 0.0543. The third-order valence-electron chi connectivity index (χ3n) is 8.37. The molecule has 0 aliphatic heterocycles. The van der Waals surface area contributed by atoms with E-state index in [1.807, 2.05) is 38.1 Å². The molecule has 0 aromatic heterocycles. The number of hydrogen-bond acceptors (Lipinski definition) is 9. The zero-order valence-electron chi connectivity index (χ0n) is 26.4. The summed E-state index contributed by atoms with van der Waals surface area (Å²) >= 11 is 1.67. The number of hydrogen-bond donors (Lipinski definition) is 2. The molecule has 0 heterocycles. The topological polar surface area (TPSA) is 119 Å². The quantitative estimate of drug-likeness (QED) is 0.105. The lowest BCUT2D eigenvalue weighted by molar-refractivity contribution is -0.161. The van der Waals surface area contributed by atoms with Crippen molar-refractivity contribution >= 4 is 29.5 Å². The van der Waals surface area contributed by atoms with Crippen molar-refractivity contribution in [3.05, 3.63) is 47.5 Å². The van der Waals surface area contributed by atoms with E-state index in [4.69, 9.17) is 14.2 Å². The van der Waals surface area contributed by atoms with Gasteiger partial charge in [0.1, 0.15) is 19.0 Å². The van der Waals surface area contributed by atoms with Crippen LogP contribution in [0.1, 0.15) is 83.3 Å². The van der Waals surface area contributed by atoms with Crippen LogP contribution in [0.5, 0.6) is 0 Å². The number of rotatable bonds is 21. The normalized spacial score (nSPS) is 19.6. The van der Waals surface area contributed by atoms with Gasteiger partial charge >= 0.3 is 11.9 Å². The lowest BCUT2D eigenvalue weighted by Crippen LogP contribution is -2.32. The summed E-state index contributed by atoms with van der Waals surface area (Å²) in [7, 11) is 1.64. The van der Waals surface area contributed by atoms with Crippen LogP contribution in [-0.4, -0.2) is 72.0 Å². The number of thioether (sulfide) groups is 1. The molecule has 1 aromatic rings. The van der Waals surface area contributed by atoms with Crippen molar-refractivity contribution in [2.45, 2.75) is 97.4 Å². The molecule has 1 aliphatic rings. The van der Waals surface area contributed by atoms with Gasteiger partial charge in [0.15, 0.2) is 0 Å². The second kappa shape index (κ2) is 20.0. The zero-order chi connectivity index (χ0) is 31.7. The maximum absolute atomic E-state index is 12.6. The number of Topliss-reactive ketones (excluding diaryl/α,β-unsaturated/α-hetero) is 1. The van der Waals surface area contributed by atoms with E-state index < -0.39 is 17.6 Å². The Balaban J connectivity index is 1.66. The van der Waals surface area contributed by atoms with Crippen molar-refractivity contribution in [2.24, 2.45) is 17.3 Å². The van der Waals surface area contributed by atoms with E-state index in [1.54, 1.807) is 31.0 Å². The fourth-order valence-electron chi connectivity index (χ4n) is 5.79. The Hall–Kier alpha value is -2.20. The summed E-state index contributed by atoms with van der Waals surface area (Å²) in [6, 6.07) is 7.87. The highest BCUT2D eigenvalue weighted by Crippen LogP contribution is 2.35. The first kappa shape index (κ1) is 37.0. The molecular weight excluding hydrogens is 568 g/mol. The Morgan fingerprint density at radius 2 is 1.84 bits per heavy atom. The monoisotopic (exact) mass is 620 g/mol. The first-order valence-electron chi connectivity index (χ1n) is 15.7. The summed E-state index contributed by atoms with van der Waals surface area (Å²) in [5, 5.41) is 21.0. The van der Waals surface area contributed by atoms with E-state index in [9.17, 15) is 24.6 Å². The molecule has 4 unspecified atom stereocenters. The van der Waals surface area contributed by atoms with Crippen LogP contribution in [0.15, 0.2) is 36.4 Å². The van der Waals surface area contributed by atoms with E-state index in [1.165, 1.54) is 0 Å². The molecule has 0 bridgehead atoms. The predicted octanol–water partition coefficient (Wildman–Crippen LogP) is 5.46. The van der Waals surface area contributed by atoms with E-state index >= 15 is 0 Å². The van der Waals surface area contributed by atoms with Gasteiger partial charge in [-0.15, -0.1) is 0 Å². The van der Waals surface area contributed by atoms with Gasteiger partial charge in [-0.3, -0.25) is 14.4 Å². The van der Waals surface area contributed by atoms with Crippen LogP contribution in [-0.2, 0) is 41.6 Å². The summed E-state index contributed by atoms with van der Waals surface area (Å²) in [6.07, 6.45) is 7.34. The molecule has 1 aromatic carbocycles. The maximum Gasteiger partial charge on any atom is 0.312 e. The average molecular weight is 621 g/mol. The van der Waals surface area contributed by atoms with Crippen LogP contribution in [0.2, 0.25) is 0 Å². The van der Waals surface area contributed by atoms with Crippen LogP contribution >= 0.6 is 11.8 Å². The van der Waals surface area contributed by atoms with E-state index in [0.29, 0.717) is 25.9 Å². The van der Waals surface area contributed by atoms with Crippen LogP contribution in [0.3, 0.4) is 0 Å². The number of aliphatic hydroxyl groups is 2. The van der Waals surface area contributed by atoms with Gasteiger partial charge in [0.25, 0.3) is 0 Å². The molecule has 4 atom stereocenters. The Bertz CT molecular complexity index is 1020. The average Bonchev–Trinajstić information content (AvgIpc) is 3.26. The number of ether oxygens (including phenoxy) is 3. The van der Waals surface area contributed by atoms with Gasteiger partial charge in [0.05, 0.1) is 24.2 Å². The number of ketones is 1. The fraction of sp³-hybridized carbons (Fsp3) is 0.676. The minimum atomic E-state index is -0.739. The SMILES string of the molecule is CCCC(CC)(CC)C(=O)OCCOC(=O)CCCSCCC1C(=O)CC(O)C1C=CC(O)Cc1cccc(COC)c1. The van der Waals surface area contributed by atoms with Gasteiger partial charge in [-0.1, -0.05) is 63.6 Å². The molecule has 242 valence electrons. The third-order valence-corrected chi connectivity index (χ3v) is 9.47. The fourth-order valence-corrected chi connectivity index (χ4v) is 6.76. The lowest BCUT2D eigenvalue weighted by Gasteiger charge is -2.28. The van der Waals surface area contributed by atoms with Gasteiger partial charge in [-0.2, -0.15) is 11.8 Å². The number of carbonyl (C=O) groups excluding carboxylic acids is 3. The molecule has 43 heavy (non-hydrogen) atoms. The Labute approximate surface area is 261 Å². The van der Waals surface area contributed by atoms with Gasteiger partial charge in [-0.25, -0.2) is 0 Å². The third kappa shape index (κ3) is 12.4. The highest BCUT2D eigenvalue weighted by molar-refractivity contribution is 7.99. The zero-order valence-corrected chi connectivity index (χ0v) is 27.2. The van der Waals surface area contributed by atoms with E-state index in [2.05, 4.69) is 6.92 Å². The Morgan fingerprint density at radius 1 is 1.12 bits per heavy atom. The van der Waals surface area contributed by atoms with Crippen molar-refractivity contribution in [3.8, 4) is 0 Å². The van der Waals surface area contributed by atoms with E-state index in [-0.39, 0.29) is 55.6 Å². The first-order valence-corrected chi connectivity index (χ1v) is 16.9. The van der Waals surface area contributed by atoms with Gasteiger partial charge < -0.3 is 24.4 Å². The van der Waals surface area contributed by atoms with Gasteiger partial charge in [0, 0.05) is 38.2 Å². The minimum Gasteiger partial charge on any atom is -0.462 e. The molecule has 9 heteroatoms. The van der Waals surface area contributed by atoms with E-state index in [0.717, 1.165) is 48.3 Å². The van der Waals surface area contributed by atoms with Crippen molar-refractivity contribution in [1.29, 1.82) is 0 Å². The molecular formula is C34H52O8S. The van der Waals surface area contributed by atoms with Crippen LogP contribution < -0.4 is 0 Å². The summed E-state index contributed by atoms with van der Waals surface area (Å²) < 4.78 is 15.8. The smallest absolute Gasteiger partial charge is 0.312 e. The number of methoxy groups -OCH3 is 1. The second-order valence-electron chi connectivity index (χ2n) is 11.4. The Morgan fingerprint density at radius 3 is 2.53 bits per heavy atom. The van der Waals surface area contributed by atoms with Crippen LogP contribution in [0, 0.1) is 17.3 Å². The molecule has 2 rings (SSSR count). The maximum atomic E-state index is 12.6. The molecule has 0 amide bonds. The van der Waals surface area contributed by atoms with Crippen molar-refractivity contribution in [2.75, 3.05) is 31.8 Å². The molecule has 0 saturated heterocycles. The molecule has 1 saturated carbocycles. The second-order valence-corrected chi connectivity index (χ2v) is 12.7. The molecule has 1 aliphatic carbocycles. The predicted molar refractivity (Wildman–Crippen MR) is 170 cm³/mol. The largest absolute Gasteiger partial charge is 0.462 e. The molecule has 2 N–H and O–H groups in total. The van der Waals surface area contributed by atoms with Gasteiger partial charge in [0.2, 0.25) is 0 Å². The lowest BCUT2D eigenvalue weighted by atomic mass is 9.78. The number of benzene rings is 1. The summed E-state index contributed by atoms with van der Waals surface area (Å²) in [5.41, 5.74) is 1.58. The van der Waals surface area contributed by atoms with Gasteiger partial charge in [-0.05, 0) is 54.7 Å². The molecule has 0 spiro atoms. The summed E-state index contributed by atoms with van der Waals surface area (Å²) in [6.45, 7) is 6.70.